The van der Waals surface area contributed by atoms with Gasteiger partial charge in [-0.05, 0) is 25.7 Å². The highest BCUT2D eigenvalue weighted by atomic mass is 17.2. The molecule has 0 atom stereocenters. The molecule has 14 heavy (non-hydrogen) atoms. The normalized spacial score (nSPS) is 37.3. The van der Waals surface area contributed by atoms with Gasteiger partial charge in [0.25, 0.3) is 0 Å². The van der Waals surface area contributed by atoms with E-state index in [2.05, 4.69) is 0 Å². The molecule has 0 bridgehead atoms. The number of primary amides is 1. The van der Waals surface area contributed by atoms with E-state index in [4.69, 9.17) is 20.2 Å². The second kappa shape index (κ2) is 3.74. The Labute approximate surface area is 82.4 Å². The molecule has 2 aliphatic rings. The minimum Gasteiger partial charge on any atom is -0.446 e. The molecule has 1 aliphatic heterocycles. The first-order chi connectivity index (χ1) is 6.70. The van der Waals surface area contributed by atoms with Gasteiger partial charge >= 0.3 is 6.09 Å². The molecular formula is C9H15NO4. The molecule has 1 saturated heterocycles. The molecule has 2 rings (SSSR count). The van der Waals surface area contributed by atoms with E-state index in [1.54, 1.807) is 0 Å². The average molecular weight is 201 g/mol. The lowest BCUT2D eigenvalue weighted by Crippen LogP contribution is -2.37. The predicted molar refractivity (Wildman–Crippen MR) is 47.3 cm³/mol. The Morgan fingerprint density at radius 1 is 1.36 bits per heavy atom. The van der Waals surface area contributed by atoms with Gasteiger partial charge in [-0.25, -0.2) is 14.6 Å². The van der Waals surface area contributed by atoms with E-state index < -0.39 is 6.09 Å². The Morgan fingerprint density at radius 3 is 2.57 bits per heavy atom. The van der Waals surface area contributed by atoms with Crippen LogP contribution >= 0.6 is 0 Å². The highest BCUT2D eigenvalue weighted by molar-refractivity contribution is 5.64. The Balaban J connectivity index is 1.82. The van der Waals surface area contributed by atoms with Crippen molar-refractivity contribution in [2.75, 3.05) is 6.61 Å². The Morgan fingerprint density at radius 2 is 2.07 bits per heavy atom. The van der Waals surface area contributed by atoms with E-state index >= 15 is 0 Å². The lowest BCUT2D eigenvalue weighted by Gasteiger charge is -2.33. The van der Waals surface area contributed by atoms with Crippen molar-refractivity contribution < 1.29 is 19.3 Å². The summed E-state index contributed by atoms with van der Waals surface area (Å²) < 4.78 is 4.94. The summed E-state index contributed by atoms with van der Waals surface area (Å²) in [6.07, 6.45) is 3.60. The van der Waals surface area contributed by atoms with E-state index in [0.717, 1.165) is 32.1 Å². The van der Waals surface area contributed by atoms with Gasteiger partial charge in [0.05, 0.1) is 6.61 Å². The number of hydrogen-bond donors (Lipinski definition) is 1. The lowest BCUT2D eigenvalue weighted by molar-refractivity contribution is -0.316. The topological polar surface area (TPSA) is 70.8 Å². The molecule has 0 aromatic carbocycles. The highest BCUT2D eigenvalue weighted by Gasteiger charge is 2.41. The first-order valence-corrected chi connectivity index (χ1v) is 4.97. The van der Waals surface area contributed by atoms with Crippen LogP contribution in [0.15, 0.2) is 0 Å². The van der Waals surface area contributed by atoms with Crippen LogP contribution in [0.5, 0.6) is 0 Å². The average Bonchev–Trinajstić information content (AvgIpc) is 2.58. The van der Waals surface area contributed by atoms with E-state index in [0.29, 0.717) is 6.61 Å². The molecule has 1 aliphatic carbocycles. The maximum Gasteiger partial charge on any atom is 0.404 e. The second-order valence-corrected chi connectivity index (χ2v) is 3.97. The quantitative estimate of drug-likeness (QED) is 0.645. The van der Waals surface area contributed by atoms with Crippen LogP contribution in [0.1, 0.15) is 32.1 Å². The van der Waals surface area contributed by atoms with Crippen molar-refractivity contribution in [3.8, 4) is 0 Å². The fraction of sp³-hybridized carbons (Fsp3) is 0.889. The fourth-order valence-corrected chi connectivity index (χ4v) is 2.17. The monoisotopic (exact) mass is 201 g/mol. The van der Waals surface area contributed by atoms with Gasteiger partial charge in [-0.15, -0.1) is 0 Å². The van der Waals surface area contributed by atoms with Gasteiger partial charge in [0, 0.05) is 6.42 Å². The van der Waals surface area contributed by atoms with Crippen molar-refractivity contribution in [3.05, 3.63) is 0 Å². The molecule has 5 heteroatoms. The van der Waals surface area contributed by atoms with E-state index in [-0.39, 0.29) is 11.7 Å². The first-order valence-electron chi connectivity index (χ1n) is 4.97. The van der Waals surface area contributed by atoms with Gasteiger partial charge in [-0.1, -0.05) is 0 Å². The number of rotatable bonds is 1. The fourth-order valence-electron chi connectivity index (χ4n) is 2.17. The van der Waals surface area contributed by atoms with Gasteiger partial charge < -0.3 is 10.5 Å². The number of carbonyl (C=O) groups excluding carboxylic acids is 1. The molecule has 80 valence electrons. The van der Waals surface area contributed by atoms with Crippen LogP contribution in [-0.4, -0.2) is 24.4 Å². The van der Waals surface area contributed by atoms with Crippen molar-refractivity contribution in [1.82, 2.24) is 0 Å². The molecule has 0 unspecified atom stereocenters. The van der Waals surface area contributed by atoms with Crippen LogP contribution in [0.25, 0.3) is 0 Å². The minimum absolute atomic E-state index is 0.0395. The van der Waals surface area contributed by atoms with Gasteiger partial charge in [0.15, 0.2) is 0 Å². The zero-order valence-corrected chi connectivity index (χ0v) is 8.03. The smallest absolute Gasteiger partial charge is 0.404 e. The van der Waals surface area contributed by atoms with Crippen LogP contribution in [-0.2, 0) is 14.5 Å². The maximum absolute atomic E-state index is 10.5. The van der Waals surface area contributed by atoms with Crippen LogP contribution in [0.3, 0.4) is 0 Å². The maximum atomic E-state index is 10.5. The summed E-state index contributed by atoms with van der Waals surface area (Å²) in [4.78, 5) is 20.7. The van der Waals surface area contributed by atoms with Gasteiger partial charge in [-0.2, -0.15) is 0 Å². The molecule has 2 fully saturated rings. The largest absolute Gasteiger partial charge is 0.446 e. The first kappa shape index (κ1) is 9.73. The van der Waals surface area contributed by atoms with E-state index in [1.165, 1.54) is 0 Å². The Bertz CT molecular complexity index is 215. The molecule has 0 radical (unpaired) electrons. The minimum atomic E-state index is -0.686. The summed E-state index contributed by atoms with van der Waals surface area (Å²) >= 11 is 0. The van der Waals surface area contributed by atoms with Gasteiger partial charge in [-0.3, -0.25) is 0 Å². The third kappa shape index (κ3) is 1.99. The summed E-state index contributed by atoms with van der Waals surface area (Å²) in [6.45, 7) is 0.668. The standard InChI is InChI=1S/C9H15NO4/c10-8(11)13-7-1-3-9(4-2-7)5-6-12-14-9/h7H,1-6H2,(H2,10,11). The number of ether oxygens (including phenoxy) is 1. The molecule has 2 N–H and O–H groups in total. The molecule has 1 saturated carbocycles. The molecule has 1 heterocycles. The van der Waals surface area contributed by atoms with Crippen molar-refractivity contribution in [2.45, 2.75) is 43.8 Å². The zero-order valence-electron chi connectivity index (χ0n) is 8.03. The second-order valence-electron chi connectivity index (χ2n) is 3.97. The van der Waals surface area contributed by atoms with Crippen LogP contribution in [0.2, 0.25) is 0 Å². The summed E-state index contributed by atoms with van der Waals surface area (Å²) in [5.41, 5.74) is 4.84. The summed E-state index contributed by atoms with van der Waals surface area (Å²) in [5, 5.41) is 0. The summed E-state index contributed by atoms with van der Waals surface area (Å²) in [6, 6.07) is 0. The summed E-state index contributed by atoms with van der Waals surface area (Å²) in [7, 11) is 0. The highest BCUT2D eigenvalue weighted by Crippen LogP contribution is 2.38. The number of nitrogens with two attached hydrogens (primary N) is 1. The van der Waals surface area contributed by atoms with E-state index in [9.17, 15) is 4.79 Å². The molecule has 1 amide bonds. The van der Waals surface area contributed by atoms with Crippen LogP contribution < -0.4 is 5.73 Å². The molecular weight excluding hydrogens is 186 g/mol. The van der Waals surface area contributed by atoms with Gasteiger partial charge in [0.2, 0.25) is 0 Å². The van der Waals surface area contributed by atoms with Crippen molar-refractivity contribution in [2.24, 2.45) is 5.73 Å². The lowest BCUT2D eigenvalue weighted by atomic mass is 9.81. The zero-order chi connectivity index (χ0) is 10.0. The number of hydrogen-bond acceptors (Lipinski definition) is 4. The SMILES string of the molecule is NC(=O)OC1CCC2(CCOO2)CC1. The molecule has 0 aromatic heterocycles. The summed E-state index contributed by atoms with van der Waals surface area (Å²) in [5.74, 6) is 0. The van der Waals surface area contributed by atoms with Crippen LogP contribution in [0.4, 0.5) is 4.79 Å². The van der Waals surface area contributed by atoms with Crippen molar-refractivity contribution in [3.63, 3.8) is 0 Å². The number of amides is 1. The molecule has 0 aromatic rings. The van der Waals surface area contributed by atoms with Crippen molar-refractivity contribution >= 4 is 6.09 Å². The predicted octanol–water partition coefficient (Wildman–Crippen LogP) is 1.12. The van der Waals surface area contributed by atoms with Crippen molar-refractivity contribution in [1.29, 1.82) is 0 Å². The van der Waals surface area contributed by atoms with Crippen LogP contribution in [0, 0.1) is 0 Å². The molecule has 1 spiro atoms. The van der Waals surface area contributed by atoms with Gasteiger partial charge in [0.1, 0.15) is 11.7 Å². The molecule has 5 nitrogen and oxygen atoms in total. The number of carbonyl (C=O) groups is 1. The third-order valence-electron chi connectivity index (χ3n) is 3.00. The third-order valence-corrected chi connectivity index (χ3v) is 3.00. The van der Waals surface area contributed by atoms with E-state index in [1.807, 2.05) is 0 Å². The Kier molecular flexibility index (Phi) is 2.60. The Hall–Kier alpha value is -0.810.